The first-order valence-corrected chi connectivity index (χ1v) is 8.41. The Hall–Kier alpha value is -1.31. The lowest BCUT2D eigenvalue weighted by molar-refractivity contribution is -0.122. The first-order valence-electron chi connectivity index (χ1n) is 6.55. The lowest BCUT2D eigenvalue weighted by atomic mass is 10.3. The number of halogens is 1. The zero-order chi connectivity index (χ0) is 15.5. The van der Waals surface area contributed by atoms with Gasteiger partial charge in [-0.05, 0) is 31.0 Å². The topological polar surface area (TPSA) is 84.5 Å². The van der Waals surface area contributed by atoms with Crippen LogP contribution in [0.15, 0.2) is 23.1 Å². The molecule has 0 heterocycles. The second-order valence-electron chi connectivity index (χ2n) is 4.76. The quantitative estimate of drug-likeness (QED) is 0.734. The van der Waals surface area contributed by atoms with E-state index < -0.39 is 10.0 Å². The van der Waals surface area contributed by atoms with E-state index in [1.165, 1.54) is 25.3 Å². The maximum absolute atomic E-state index is 12.1. The van der Waals surface area contributed by atoms with Gasteiger partial charge >= 0.3 is 0 Å². The average Bonchev–Trinajstić information content (AvgIpc) is 3.28. The van der Waals surface area contributed by atoms with Crippen molar-refractivity contribution in [1.82, 2.24) is 10.0 Å². The SMILES string of the molecule is COc1ccc(S(=O)(=O)NCCNC(=O)C2CC2)cc1Cl. The minimum absolute atomic E-state index is 0.0123. The molecule has 8 heteroatoms. The van der Waals surface area contributed by atoms with Gasteiger partial charge in [0.15, 0.2) is 0 Å². The summed E-state index contributed by atoms with van der Waals surface area (Å²) in [4.78, 5) is 11.5. The molecule has 2 rings (SSSR count). The third kappa shape index (κ3) is 4.33. The van der Waals surface area contributed by atoms with Crippen molar-refractivity contribution in [3.8, 4) is 5.75 Å². The maximum atomic E-state index is 12.1. The summed E-state index contributed by atoms with van der Waals surface area (Å²) >= 11 is 5.91. The first kappa shape index (κ1) is 16.1. The summed E-state index contributed by atoms with van der Waals surface area (Å²) in [5.41, 5.74) is 0. The van der Waals surface area contributed by atoms with Crippen molar-refractivity contribution in [2.45, 2.75) is 17.7 Å². The molecule has 0 aromatic heterocycles. The van der Waals surface area contributed by atoms with Crippen LogP contribution in [0.1, 0.15) is 12.8 Å². The Bertz CT molecular complexity index is 629. The first-order chi connectivity index (χ1) is 9.94. The van der Waals surface area contributed by atoms with Gasteiger partial charge in [-0.25, -0.2) is 13.1 Å². The van der Waals surface area contributed by atoms with Crippen molar-refractivity contribution in [2.24, 2.45) is 5.92 Å². The minimum atomic E-state index is -3.65. The van der Waals surface area contributed by atoms with E-state index in [-0.39, 0.29) is 34.8 Å². The molecule has 1 aliphatic rings. The van der Waals surface area contributed by atoms with Crippen LogP contribution in [-0.2, 0) is 14.8 Å². The van der Waals surface area contributed by atoms with E-state index in [1.54, 1.807) is 0 Å². The van der Waals surface area contributed by atoms with Crippen LogP contribution in [0.4, 0.5) is 0 Å². The molecule has 0 radical (unpaired) electrons. The van der Waals surface area contributed by atoms with Crippen LogP contribution >= 0.6 is 11.6 Å². The molecule has 1 aromatic rings. The van der Waals surface area contributed by atoms with Gasteiger partial charge in [-0.2, -0.15) is 0 Å². The summed E-state index contributed by atoms with van der Waals surface area (Å²) in [7, 11) is -2.20. The highest BCUT2D eigenvalue weighted by Crippen LogP contribution is 2.28. The summed E-state index contributed by atoms with van der Waals surface area (Å²) in [6, 6.07) is 4.23. The second-order valence-corrected chi connectivity index (χ2v) is 6.93. The van der Waals surface area contributed by atoms with Gasteiger partial charge in [0.25, 0.3) is 0 Å². The monoisotopic (exact) mass is 332 g/mol. The minimum Gasteiger partial charge on any atom is -0.495 e. The number of methoxy groups -OCH3 is 1. The number of amides is 1. The third-order valence-electron chi connectivity index (χ3n) is 3.10. The highest BCUT2D eigenvalue weighted by molar-refractivity contribution is 7.89. The summed E-state index contributed by atoms with van der Waals surface area (Å²) in [5.74, 6) is 0.510. The summed E-state index contributed by atoms with van der Waals surface area (Å²) in [5, 5.41) is 2.91. The molecule has 1 aliphatic carbocycles. The molecule has 1 aromatic carbocycles. The van der Waals surface area contributed by atoms with Crippen molar-refractivity contribution in [1.29, 1.82) is 0 Å². The van der Waals surface area contributed by atoms with Crippen molar-refractivity contribution >= 4 is 27.5 Å². The number of ether oxygens (including phenoxy) is 1. The molecule has 1 fully saturated rings. The Labute approximate surface area is 128 Å². The van der Waals surface area contributed by atoms with Gasteiger partial charge in [-0.3, -0.25) is 4.79 Å². The van der Waals surface area contributed by atoms with E-state index in [0.717, 1.165) is 12.8 Å². The molecule has 21 heavy (non-hydrogen) atoms. The van der Waals surface area contributed by atoms with Gasteiger partial charge in [0.2, 0.25) is 15.9 Å². The molecule has 0 aliphatic heterocycles. The number of rotatable bonds is 7. The molecule has 116 valence electrons. The van der Waals surface area contributed by atoms with Crippen molar-refractivity contribution in [3.63, 3.8) is 0 Å². The number of carbonyl (C=O) groups excluding carboxylic acids is 1. The largest absolute Gasteiger partial charge is 0.495 e. The van der Waals surface area contributed by atoms with Crippen molar-refractivity contribution in [3.05, 3.63) is 23.2 Å². The van der Waals surface area contributed by atoms with Gasteiger partial charge in [0.1, 0.15) is 5.75 Å². The predicted octanol–water partition coefficient (Wildman–Crippen LogP) is 1.15. The number of carbonyl (C=O) groups is 1. The van der Waals surface area contributed by atoms with Crippen LogP contribution in [0.3, 0.4) is 0 Å². The third-order valence-corrected chi connectivity index (χ3v) is 4.85. The molecule has 2 N–H and O–H groups in total. The van der Waals surface area contributed by atoms with Crippen LogP contribution in [0.25, 0.3) is 0 Å². The number of hydrogen-bond donors (Lipinski definition) is 2. The number of hydrogen-bond acceptors (Lipinski definition) is 4. The van der Waals surface area contributed by atoms with E-state index in [1.807, 2.05) is 0 Å². The molecule has 1 saturated carbocycles. The molecular formula is C13H17ClN2O4S. The van der Waals surface area contributed by atoms with Crippen LogP contribution < -0.4 is 14.8 Å². The highest BCUT2D eigenvalue weighted by Gasteiger charge is 2.29. The summed E-state index contributed by atoms with van der Waals surface area (Å²) in [6.45, 7) is 0.392. The highest BCUT2D eigenvalue weighted by atomic mass is 35.5. The van der Waals surface area contributed by atoms with Gasteiger partial charge in [0.05, 0.1) is 17.0 Å². The fraction of sp³-hybridized carbons (Fsp3) is 0.462. The number of nitrogens with one attached hydrogen (secondary N) is 2. The standard InChI is InChI=1S/C13H17ClN2O4S/c1-20-12-5-4-10(8-11(12)14)21(18,19)16-7-6-15-13(17)9-2-3-9/h4-5,8-9,16H,2-3,6-7H2,1H3,(H,15,17). The Kier molecular flexibility index (Phi) is 5.08. The molecule has 0 atom stereocenters. The Morgan fingerprint density at radius 2 is 2.10 bits per heavy atom. The van der Waals surface area contributed by atoms with E-state index in [0.29, 0.717) is 5.75 Å². The zero-order valence-corrected chi connectivity index (χ0v) is 13.1. The molecule has 0 spiro atoms. The zero-order valence-electron chi connectivity index (χ0n) is 11.6. The number of benzene rings is 1. The van der Waals surface area contributed by atoms with E-state index in [9.17, 15) is 13.2 Å². The van der Waals surface area contributed by atoms with Crippen molar-refractivity contribution in [2.75, 3.05) is 20.2 Å². The van der Waals surface area contributed by atoms with Gasteiger partial charge in [0, 0.05) is 19.0 Å². The smallest absolute Gasteiger partial charge is 0.240 e. The van der Waals surface area contributed by atoms with Crippen LogP contribution in [0.5, 0.6) is 5.75 Å². The van der Waals surface area contributed by atoms with Gasteiger partial charge < -0.3 is 10.1 Å². The molecule has 0 saturated heterocycles. The lowest BCUT2D eigenvalue weighted by Gasteiger charge is -2.09. The second kappa shape index (κ2) is 6.64. The van der Waals surface area contributed by atoms with Crippen LogP contribution in [0, 0.1) is 5.92 Å². The fourth-order valence-corrected chi connectivity index (χ4v) is 3.14. The normalized spacial score (nSPS) is 14.8. The van der Waals surface area contributed by atoms with Crippen LogP contribution in [0.2, 0.25) is 5.02 Å². The molecule has 0 bridgehead atoms. The Balaban J connectivity index is 1.88. The Morgan fingerprint density at radius 1 is 1.38 bits per heavy atom. The van der Waals surface area contributed by atoms with E-state index >= 15 is 0 Å². The fourth-order valence-electron chi connectivity index (χ4n) is 1.76. The maximum Gasteiger partial charge on any atom is 0.240 e. The number of sulfonamides is 1. The van der Waals surface area contributed by atoms with Gasteiger partial charge in [-0.15, -0.1) is 0 Å². The summed E-state index contributed by atoms with van der Waals surface area (Å²) in [6.07, 6.45) is 1.84. The molecular weight excluding hydrogens is 316 g/mol. The lowest BCUT2D eigenvalue weighted by Crippen LogP contribution is -2.35. The Morgan fingerprint density at radius 3 is 2.67 bits per heavy atom. The molecule has 0 unspecified atom stereocenters. The van der Waals surface area contributed by atoms with Crippen molar-refractivity contribution < 1.29 is 17.9 Å². The molecule has 1 amide bonds. The predicted molar refractivity (Wildman–Crippen MR) is 78.9 cm³/mol. The van der Waals surface area contributed by atoms with Crippen LogP contribution in [-0.4, -0.2) is 34.5 Å². The summed E-state index contributed by atoms with van der Waals surface area (Å²) < 4.78 is 31.5. The van der Waals surface area contributed by atoms with Gasteiger partial charge in [-0.1, -0.05) is 11.6 Å². The van der Waals surface area contributed by atoms with E-state index in [2.05, 4.69) is 10.0 Å². The van der Waals surface area contributed by atoms with E-state index in [4.69, 9.17) is 16.3 Å². The average molecular weight is 333 g/mol. The molecule has 6 nitrogen and oxygen atoms in total.